The summed E-state index contributed by atoms with van der Waals surface area (Å²) in [4.78, 5) is 0. The summed E-state index contributed by atoms with van der Waals surface area (Å²) in [7, 11) is 0. The van der Waals surface area contributed by atoms with E-state index < -0.39 is 0 Å². The number of aliphatic hydroxyl groups is 1. The lowest BCUT2D eigenvalue weighted by Crippen LogP contribution is -2.07. The Bertz CT molecular complexity index is 96.1. The first-order chi connectivity index (χ1) is 6.31. The molecule has 1 nitrogen and oxygen atoms in total. The van der Waals surface area contributed by atoms with Crippen molar-refractivity contribution in [1.29, 1.82) is 0 Å². The minimum atomic E-state index is -0.280. The van der Waals surface area contributed by atoms with Crippen molar-refractivity contribution in [3.63, 3.8) is 0 Å². The van der Waals surface area contributed by atoms with Crippen LogP contribution in [0.2, 0.25) is 0 Å². The third-order valence-corrected chi connectivity index (χ3v) is 2.68. The van der Waals surface area contributed by atoms with E-state index in [1.54, 1.807) is 0 Å². The zero-order valence-electron chi connectivity index (χ0n) is 8.77. The van der Waals surface area contributed by atoms with Crippen molar-refractivity contribution in [2.45, 2.75) is 64.4 Å². The lowest BCUT2D eigenvalue weighted by molar-refractivity contribution is 0.183. The first-order valence-electron chi connectivity index (χ1n) is 5.55. The third-order valence-electron chi connectivity index (χ3n) is 2.32. The zero-order valence-corrected chi connectivity index (χ0v) is 9.52. The topological polar surface area (TPSA) is 20.2 Å². The van der Waals surface area contributed by atoms with E-state index in [9.17, 15) is 0 Å². The molecule has 0 aliphatic heterocycles. The van der Waals surface area contributed by atoms with E-state index in [0.29, 0.717) is 5.88 Å². The normalized spacial score (nSPS) is 13.2. The maximum Gasteiger partial charge on any atom is 0.0675 e. The molecule has 1 N–H and O–H groups in total. The van der Waals surface area contributed by atoms with Gasteiger partial charge in [-0.1, -0.05) is 51.9 Å². The Morgan fingerprint density at radius 2 is 1.54 bits per heavy atom. The molecule has 0 radical (unpaired) electrons. The molecule has 80 valence electrons. The summed E-state index contributed by atoms with van der Waals surface area (Å²) in [6.45, 7) is 2.23. The molecule has 13 heavy (non-hydrogen) atoms. The molecule has 2 heteroatoms. The van der Waals surface area contributed by atoms with E-state index in [4.69, 9.17) is 16.7 Å². The molecule has 0 bridgehead atoms. The molecule has 0 saturated carbocycles. The smallest absolute Gasteiger partial charge is 0.0675 e. The van der Waals surface area contributed by atoms with Gasteiger partial charge in [0.25, 0.3) is 0 Å². The van der Waals surface area contributed by atoms with Gasteiger partial charge in [0.1, 0.15) is 0 Å². The molecule has 0 rings (SSSR count). The summed E-state index contributed by atoms with van der Waals surface area (Å²) >= 11 is 5.48. The molecule has 1 atom stereocenters. The van der Waals surface area contributed by atoms with Crippen molar-refractivity contribution >= 4 is 11.6 Å². The Kier molecular flexibility index (Phi) is 10.5. The molecule has 0 aromatic carbocycles. The number of hydrogen-bond acceptors (Lipinski definition) is 1. The van der Waals surface area contributed by atoms with Crippen LogP contribution in [-0.4, -0.2) is 17.1 Å². The van der Waals surface area contributed by atoms with Gasteiger partial charge in [-0.15, -0.1) is 11.6 Å². The van der Waals surface area contributed by atoms with Crippen molar-refractivity contribution in [2.75, 3.05) is 5.88 Å². The Balaban J connectivity index is 2.91. The van der Waals surface area contributed by atoms with E-state index >= 15 is 0 Å². The molecule has 0 saturated heterocycles. The molecule has 0 spiro atoms. The van der Waals surface area contributed by atoms with Crippen LogP contribution in [0.5, 0.6) is 0 Å². The molecule has 1 unspecified atom stereocenters. The van der Waals surface area contributed by atoms with Crippen LogP contribution in [0, 0.1) is 0 Å². The molecule has 0 amide bonds. The van der Waals surface area contributed by atoms with Gasteiger partial charge < -0.3 is 5.11 Å². The highest BCUT2D eigenvalue weighted by atomic mass is 35.5. The Labute approximate surface area is 87.5 Å². The van der Waals surface area contributed by atoms with Crippen molar-refractivity contribution in [3.05, 3.63) is 0 Å². The number of halogens is 1. The number of alkyl halides is 1. The fourth-order valence-electron chi connectivity index (χ4n) is 1.41. The Hall–Kier alpha value is 0.250. The first-order valence-corrected chi connectivity index (χ1v) is 6.08. The van der Waals surface area contributed by atoms with E-state index in [1.807, 2.05) is 0 Å². The third kappa shape index (κ3) is 10.2. The number of aliphatic hydroxyl groups excluding tert-OH is 1. The fourth-order valence-corrected chi connectivity index (χ4v) is 1.57. The number of hydrogen-bond donors (Lipinski definition) is 1. The largest absolute Gasteiger partial charge is 0.392 e. The first kappa shape index (κ1) is 13.2. The minimum Gasteiger partial charge on any atom is -0.392 e. The van der Waals surface area contributed by atoms with E-state index in [0.717, 1.165) is 12.8 Å². The van der Waals surface area contributed by atoms with E-state index in [1.165, 1.54) is 38.5 Å². The number of rotatable bonds is 9. The maximum atomic E-state index is 9.17. The van der Waals surface area contributed by atoms with Gasteiger partial charge in [0.05, 0.1) is 6.10 Å². The molecule has 0 fully saturated rings. The van der Waals surface area contributed by atoms with Gasteiger partial charge in [-0.25, -0.2) is 0 Å². The van der Waals surface area contributed by atoms with Gasteiger partial charge in [0.15, 0.2) is 0 Å². The molecule has 0 heterocycles. The Morgan fingerprint density at radius 3 is 2.08 bits per heavy atom. The monoisotopic (exact) mass is 206 g/mol. The van der Waals surface area contributed by atoms with Crippen LogP contribution in [0.1, 0.15) is 58.3 Å². The highest BCUT2D eigenvalue weighted by molar-refractivity contribution is 6.18. The van der Waals surface area contributed by atoms with Gasteiger partial charge in [-0.2, -0.15) is 0 Å². The minimum absolute atomic E-state index is 0.280. The summed E-state index contributed by atoms with van der Waals surface area (Å²) in [5, 5.41) is 9.17. The molecule has 0 aromatic rings. The van der Waals surface area contributed by atoms with Crippen LogP contribution < -0.4 is 0 Å². The van der Waals surface area contributed by atoms with Crippen molar-refractivity contribution < 1.29 is 5.11 Å². The van der Waals surface area contributed by atoms with Gasteiger partial charge >= 0.3 is 0 Å². The van der Waals surface area contributed by atoms with Crippen LogP contribution in [-0.2, 0) is 0 Å². The van der Waals surface area contributed by atoms with Gasteiger partial charge in [0.2, 0.25) is 0 Å². The summed E-state index contributed by atoms with van der Waals surface area (Å²) in [5.74, 6) is 0.385. The second-order valence-corrected chi connectivity index (χ2v) is 4.03. The standard InChI is InChI=1S/C11H23ClO/c1-2-3-4-5-6-7-8-9-11(13)10-12/h11,13H,2-10H2,1H3. The van der Waals surface area contributed by atoms with Gasteiger partial charge in [-0.3, -0.25) is 0 Å². The molecular formula is C11H23ClO. The lowest BCUT2D eigenvalue weighted by Gasteiger charge is -2.05. The van der Waals surface area contributed by atoms with Crippen molar-refractivity contribution in [1.82, 2.24) is 0 Å². The van der Waals surface area contributed by atoms with Crippen molar-refractivity contribution in [3.8, 4) is 0 Å². The number of unbranched alkanes of at least 4 members (excludes halogenated alkanes) is 6. The highest BCUT2D eigenvalue weighted by Gasteiger charge is 2.00. The second-order valence-electron chi connectivity index (χ2n) is 3.72. The van der Waals surface area contributed by atoms with E-state index in [-0.39, 0.29) is 6.10 Å². The second kappa shape index (κ2) is 10.3. The highest BCUT2D eigenvalue weighted by Crippen LogP contribution is 2.09. The molecule has 0 aliphatic carbocycles. The van der Waals surface area contributed by atoms with Crippen LogP contribution in [0.3, 0.4) is 0 Å². The predicted octanol–water partition coefficient (Wildman–Crippen LogP) is 3.73. The summed E-state index contributed by atoms with van der Waals surface area (Å²) in [6.07, 6.45) is 9.68. The average Bonchev–Trinajstić information content (AvgIpc) is 2.16. The van der Waals surface area contributed by atoms with Crippen LogP contribution in [0.25, 0.3) is 0 Å². The fraction of sp³-hybridized carbons (Fsp3) is 1.00. The molecule has 0 aromatic heterocycles. The van der Waals surface area contributed by atoms with Crippen LogP contribution >= 0.6 is 11.6 Å². The summed E-state index contributed by atoms with van der Waals surface area (Å²) in [5.41, 5.74) is 0. The molecule has 0 aliphatic rings. The maximum absolute atomic E-state index is 9.17. The summed E-state index contributed by atoms with van der Waals surface area (Å²) < 4.78 is 0. The summed E-state index contributed by atoms with van der Waals surface area (Å²) in [6, 6.07) is 0. The van der Waals surface area contributed by atoms with E-state index in [2.05, 4.69) is 6.92 Å². The zero-order chi connectivity index (χ0) is 9.94. The average molecular weight is 207 g/mol. The van der Waals surface area contributed by atoms with Gasteiger partial charge in [-0.05, 0) is 6.42 Å². The predicted molar refractivity (Wildman–Crippen MR) is 59.3 cm³/mol. The van der Waals surface area contributed by atoms with Crippen LogP contribution in [0.4, 0.5) is 0 Å². The Morgan fingerprint density at radius 1 is 1.00 bits per heavy atom. The molecular weight excluding hydrogens is 184 g/mol. The lowest BCUT2D eigenvalue weighted by atomic mass is 10.1. The SMILES string of the molecule is CCCCCCCCCC(O)CCl. The van der Waals surface area contributed by atoms with Crippen LogP contribution in [0.15, 0.2) is 0 Å². The van der Waals surface area contributed by atoms with Crippen molar-refractivity contribution in [2.24, 2.45) is 0 Å². The van der Waals surface area contributed by atoms with Gasteiger partial charge in [0, 0.05) is 5.88 Å². The quantitative estimate of drug-likeness (QED) is 0.450.